The highest BCUT2D eigenvalue weighted by Gasteiger charge is 2.30. The summed E-state index contributed by atoms with van der Waals surface area (Å²) in [5, 5.41) is 10.9. The molecule has 2 saturated carbocycles. The normalized spacial score (nSPS) is 26.1. The van der Waals surface area contributed by atoms with E-state index in [4.69, 9.17) is 15.2 Å². The van der Waals surface area contributed by atoms with Crippen molar-refractivity contribution in [1.29, 1.82) is 0 Å². The number of nitrogens with one attached hydrogen (secondary N) is 4. The Hall–Kier alpha value is -3.09. The summed E-state index contributed by atoms with van der Waals surface area (Å²) in [6.45, 7) is 11.1. The van der Waals surface area contributed by atoms with Gasteiger partial charge in [0.15, 0.2) is 0 Å². The molecular formula is C32H57N5O8. The molecule has 1 saturated heterocycles. The molecule has 0 aromatic rings. The highest BCUT2D eigenvalue weighted by molar-refractivity contribution is 5.97. The average Bonchev–Trinajstić information content (AvgIpc) is 2.88. The molecule has 13 heteroatoms. The van der Waals surface area contributed by atoms with Crippen LogP contribution < -0.4 is 27.0 Å². The number of carbonyl (C=O) groups excluding carboxylic acids is 5. The molecule has 3 aliphatic rings. The summed E-state index contributed by atoms with van der Waals surface area (Å²) in [4.78, 5) is 57.4. The number of hydrogen-bond acceptors (Lipinski definition) is 9. The van der Waals surface area contributed by atoms with E-state index in [2.05, 4.69) is 26.0 Å². The zero-order chi connectivity index (χ0) is 33.8. The van der Waals surface area contributed by atoms with Crippen LogP contribution in [0.25, 0.3) is 0 Å². The molecule has 258 valence electrons. The molecule has 3 fully saturated rings. The summed E-state index contributed by atoms with van der Waals surface area (Å²) in [5.41, 5.74) is 5.02. The van der Waals surface area contributed by atoms with Gasteiger partial charge in [0.1, 0.15) is 11.2 Å². The first kappa shape index (κ1) is 38.1. The van der Waals surface area contributed by atoms with E-state index >= 15 is 0 Å². The number of amides is 5. The molecule has 3 rings (SSSR count). The minimum atomic E-state index is -0.485. The Balaban J connectivity index is 0.000000314. The van der Waals surface area contributed by atoms with E-state index in [-0.39, 0.29) is 54.7 Å². The molecule has 1 unspecified atom stereocenters. The third-order valence-electron chi connectivity index (χ3n) is 8.07. The SMILES string of the molecule is CC(C)(C)OC(=O)NC1CCC(C[C@H]2CC(=O)NC(=O)N2)CC1.COC(=O)CC(N)CC1CCC(NC(=O)OC(C)(C)C)CC1. The minimum Gasteiger partial charge on any atom is -0.469 e. The Morgan fingerprint density at radius 3 is 1.71 bits per heavy atom. The second-order valence-corrected chi connectivity index (χ2v) is 14.7. The lowest BCUT2D eigenvalue weighted by molar-refractivity contribution is -0.141. The number of methoxy groups -OCH3 is 1. The van der Waals surface area contributed by atoms with Crippen LogP contribution in [0.4, 0.5) is 14.4 Å². The molecular weight excluding hydrogens is 582 g/mol. The second kappa shape index (κ2) is 17.6. The molecule has 0 bridgehead atoms. The minimum absolute atomic E-state index is 0.0726. The average molecular weight is 640 g/mol. The third-order valence-corrected chi connectivity index (χ3v) is 8.07. The highest BCUT2D eigenvalue weighted by Crippen LogP contribution is 2.30. The van der Waals surface area contributed by atoms with E-state index in [1.807, 2.05) is 41.5 Å². The van der Waals surface area contributed by atoms with Gasteiger partial charge < -0.3 is 35.9 Å². The number of ether oxygens (including phenoxy) is 3. The van der Waals surface area contributed by atoms with Crippen molar-refractivity contribution in [3.8, 4) is 0 Å². The van der Waals surface area contributed by atoms with Crippen molar-refractivity contribution in [2.45, 2.75) is 154 Å². The Morgan fingerprint density at radius 2 is 1.29 bits per heavy atom. The van der Waals surface area contributed by atoms with Crippen molar-refractivity contribution in [3.05, 3.63) is 0 Å². The van der Waals surface area contributed by atoms with Crippen LogP contribution >= 0.6 is 0 Å². The number of nitrogens with two attached hydrogens (primary N) is 1. The maximum Gasteiger partial charge on any atom is 0.407 e. The van der Waals surface area contributed by atoms with Gasteiger partial charge in [-0.05, 0) is 118 Å². The van der Waals surface area contributed by atoms with Crippen LogP contribution in [-0.4, -0.2) is 72.6 Å². The maximum atomic E-state index is 11.8. The van der Waals surface area contributed by atoms with Gasteiger partial charge in [0.05, 0.1) is 13.5 Å². The quantitative estimate of drug-likeness (QED) is 0.189. The number of imide groups is 1. The van der Waals surface area contributed by atoms with E-state index in [0.717, 1.165) is 64.2 Å². The van der Waals surface area contributed by atoms with Crippen molar-refractivity contribution < 1.29 is 38.2 Å². The topological polar surface area (TPSA) is 187 Å². The standard InChI is InChI=1S/C16H27N3O4.C16H30N2O4/c1-16(2,3)23-15(22)18-11-6-4-10(5-7-11)8-12-9-13(20)19-14(21)17-12;1-16(2,3)22-15(20)18-13-7-5-11(6-8-13)9-12(17)10-14(19)21-4/h10-12H,4-9H2,1-3H3,(H,18,22)(H2,17,19,20,21);11-13H,5-10,17H2,1-4H3,(H,18,20)/t10?,11?,12-;/m0./s1. The van der Waals surface area contributed by atoms with Gasteiger partial charge >= 0.3 is 24.2 Å². The summed E-state index contributed by atoms with van der Waals surface area (Å²) in [7, 11) is 1.38. The summed E-state index contributed by atoms with van der Waals surface area (Å²) in [5.74, 6) is 0.519. The zero-order valence-corrected chi connectivity index (χ0v) is 28.3. The lowest BCUT2D eigenvalue weighted by Gasteiger charge is -2.33. The Morgan fingerprint density at radius 1 is 0.822 bits per heavy atom. The van der Waals surface area contributed by atoms with E-state index in [1.165, 1.54) is 7.11 Å². The summed E-state index contributed by atoms with van der Waals surface area (Å²) < 4.78 is 15.2. The number of rotatable bonds is 8. The van der Waals surface area contributed by atoms with Crippen molar-refractivity contribution >= 4 is 30.1 Å². The van der Waals surface area contributed by atoms with Crippen LogP contribution in [-0.2, 0) is 23.8 Å². The molecule has 0 aromatic carbocycles. The maximum absolute atomic E-state index is 11.8. The molecule has 2 atom stereocenters. The van der Waals surface area contributed by atoms with E-state index in [0.29, 0.717) is 18.3 Å². The first-order chi connectivity index (χ1) is 20.9. The van der Waals surface area contributed by atoms with Gasteiger partial charge in [-0.3, -0.25) is 14.9 Å². The largest absolute Gasteiger partial charge is 0.469 e. The lowest BCUT2D eigenvalue weighted by atomic mass is 9.81. The number of hydrogen-bond donors (Lipinski definition) is 5. The first-order valence-electron chi connectivity index (χ1n) is 16.3. The number of alkyl carbamates (subject to hydrolysis) is 2. The van der Waals surface area contributed by atoms with Gasteiger partial charge in [-0.1, -0.05) is 0 Å². The van der Waals surface area contributed by atoms with Gasteiger partial charge in [0, 0.05) is 30.6 Å². The van der Waals surface area contributed by atoms with Crippen LogP contribution in [0.1, 0.15) is 119 Å². The van der Waals surface area contributed by atoms with Crippen molar-refractivity contribution in [2.75, 3.05) is 7.11 Å². The Bertz CT molecular complexity index is 977. The van der Waals surface area contributed by atoms with Gasteiger partial charge in [-0.25, -0.2) is 14.4 Å². The van der Waals surface area contributed by atoms with Crippen LogP contribution in [0.2, 0.25) is 0 Å². The van der Waals surface area contributed by atoms with Crippen LogP contribution in [0.15, 0.2) is 0 Å². The Labute approximate surface area is 268 Å². The summed E-state index contributed by atoms with van der Waals surface area (Å²) in [6, 6.07) is -0.302. The van der Waals surface area contributed by atoms with Crippen molar-refractivity contribution in [2.24, 2.45) is 17.6 Å². The fourth-order valence-corrected chi connectivity index (χ4v) is 6.06. The van der Waals surface area contributed by atoms with E-state index in [1.54, 1.807) is 0 Å². The first-order valence-corrected chi connectivity index (χ1v) is 16.3. The third kappa shape index (κ3) is 16.7. The zero-order valence-electron chi connectivity index (χ0n) is 28.3. The fraction of sp³-hybridized carbons (Fsp3) is 0.844. The highest BCUT2D eigenvalue weighted by atomic mass is 16.6. The monoisotopic (exact) mass is 639 g/mol. The number of urea groups is 1. The summed E-state index contributed by atoms with van der Waals surface area (Å²) >= 11 is 0. The summed E-state index contributed by atoms with van der Waals surface area (Å²) in [6.07, 6.45) is 9.18. The molecule has 0 spiro atoms. The predicted molar refractivity (Wildman–Crippen MR) is 169 cm³/mol. The van der Waals surface area contributed by atoms with E-state index in [9.17, 15) is 24.0 Å². The fourth-order valence-electron chi connectivity index (χ4n) is 6.06. The molecule has 0 aromatic heterocycles. The van der Waals surface area contributed by atoms with E-state index < -0.39 is 17.2 Å². The molecule has 6 N–H and O–H groups in total. The molecule has 2 aliphatic carbocycles. The molecule has 1 heterocycles. The van der Waals surface area contributed by atoms with Gasteiger partial charge in [-0.2, -0.15) is 0 Å². The molecule has 1 aliphatic heterocycles. The molecule has 13 nitrogen and oxygen atoms in total. The van der Waals surface area contributed by atoms with Crippen molar-refractivity contribution in [3.63, 3.8) is 0 Å². The van der Waals surface area contributed by atoms with Crippen LogP contribution in [0.5, 0.6) is 0 Å². The van der Waals surface area contributed by atoms with Gasteiger partial charge in [0.2, 0.25) is 5.91 Å². The number of carbonyl (C=O) groups is 5. The predicted octanol–water partition coefficient (Wildman–Crippen LogP) is 4.41. The van der Waals surface area contributed by atoms with Gasteiger partial charge in [0.25, 0.3) is 0 Å². The smallest absolute Gasteiger partial charge is 0.407 e. The van der Waals surface area contributed by atoms with Crippen molar-refractivity contribution in [1.82, 2.24) is 21.3 Å². The number of esters is 1. The molecule has 5 amide bonds. The van der Waals surface area contributed by atoms with Gasteiger partial charge in [-0.15, -0.1) is 0 Å². The Kier molecular flexibility index (Phi) is 14.9. The van der Waals surface area contributed by atoms with Crippen LogP contribution in [0, 0.1) is 11.8 Å². The lowest BCUT2D eigenvalue weighted by Crippen LogP contribution is -2.52. The van der Waals surface area contributed by atoms with Crippen LogP contribution in [0.3, 0.4) is 0 Å². The second-order valence-electron chi connectivity index (χ2n) is 14.7. The molecule has 0 radical (unpaired) electrons. The molecule has 45 heavy (non-hydrogen) atoms.